The van der Waals surface area contributed by atoms with E-state index in [1.54, 1.807) is 18.2 Å². The molecule has 1 aromatic heterocycles. The molecule has 1 aromatic carbocycles. The number of carbonyl (C=O) groups excluding carboxylic acids is 1. The maximum Gasteiger partial charge on any atom is 0.321 e. The Hall–Kier alpha value is -1.80. The van der Waals surface area contributed by atoms with Gasteiger partial charge in [-0.05, 0) is 50.4 Å². The number of nitrogens with one attached hydrogen (secondary N) is 1. The van der Waals surface area contributed by atoms with Gasteiger partial charge in [-0.25, -0.2) is 4.79 Å². The summed E-state index contributed by atoms with van der Waals surface area (Å²) >= 11 is 12.0. The summed E-state index contributed by atoms with van der Waals surface area (Å²) in [6.45, 7) is 9.64. The van der Waals surface area contributed by atoms with Crippen LogP contribution in [0.25, 0.3) is 0 Å². The molecular formula is C23H31Cl2N5O2. The van der Waals surface area contributed by atoms with E-state index in [2.05, 4.69) is 20.3 Å². The number of halogens is 2. The Morgan fingerprint density at radius 3 is 2.66 bits per heavy atom. The molecule has 0 bridgehead atoms. The molecule has 2 aliphatic heterocycles. The van der Waals surface area contributed by atoms with Crippen molar-refractivity contribution < 1.29 is 9.32 Å². The van der Waals surface area contributed by atoms with Gasteiger partial charge >= 0.3 is 6.03 Å². The minimum atomic E-state index is -0.0884. The molecule has 0 saturated carbocycles. The van der Waals surface area contributed by atoms with Gasteiger partial charge in [0, 0.05) is 64.0 Å². The van der Waals surface area contributed by atoms with E-state index in [1.165, 1.54) is 12.8 Å². The highest BCUT2D eigenvalue weighted by molar-refractivity contribution is 6.42. The molecule has 3 heterocycles. The quantitative estimate of drug-likeness (QED) is 0.665. The molecule has 2 aromatic rings. The van der Waals surface area contributed by atoms with Crippen LogP contribution in [0.2, 0.25) is 10.0 Å². The SMILES string of the molecule is Cc1cc(CCN2CCC[C@@H](CN3CCN(C(=O)Nc4ccc(Cl)c(Cl)c4)CC3)C2)on1. The van der Waals surface area contributed by atoms with Crippen LogP contribution in [0.3, 0.4) is 0 Å². The molecule has 2 aliphatic rings. The van der Waals surface area contributed by atoms with Gasteiger partial charge < -0.3 is 19.6 Å². The number of anilines is 1. The average Bonchev–Trinajstić information content (AvgIpc) is 3.21. The topological polar surface area (TPSA) is 64.8 Å². The van der Waals surface area contributed by atoms with Gasteiger partial charge in [-0.2, -0.15) is 0 Å². The molecule has 2 fully saturated rings. The maximum atomic E-state index is 12.6. The van der Waals surface area contributed by atoms with Crippen LogP contribution in [-0.2, 0) is 6.42 Å². The fraction of sp³-hybridized carbons (Fsp3) is 0.565. The van der Waals surface area contributed by atoms with E-state index in [0.29, 0.717) is 21.7 Å². The Morgan fingerprint density at radius 1 is 1.12 bits per heavy atom. The summed E-state index contributed by atoms with van der Waals surface area (Å²) in [6.07, 6.45) is 3.43. The van der Waals surface area contributed by atoms with Crippen LogP contribution in [-0.4, -0.2) is 78.2 Å². The minimum absolute atomic E-state index is 0.0884. The molecule has 2 saturated heterocycles. The number of likely N-dealkylation sites (tertiary alicyclic amines) is 1. The summed E-state index contributed by atoms with van der Waals surface area (Å²) in [4.78, 5) is 19.5. The Bertz CT molecular complexity index is 914. The first-order chi connectivity index (χ1) is 15.5. The molecule has 0 spiro atoms. The maximum absolute atomic E-state index is 12.6. The van der Waals surface area contributed by atoms with Crippen molar-refractivity contribution in [3.63, 3.8) is 0 Å². The number of hydrogen-bond donors (Lipinski definition) is 1. The Morgan fingerprint density at radius 2 is 1.94 bits per heavy atom. The van der Waals surface area contributed by atoms with Crippen LogP contribution in [0.4, 0.5) is 10.5 Å². The molecule has 4 rings (SSSR count). The summed E-state index contributed by atoms with van der Waals surface area (Å²) in [5.74, 6) is 1.65. The first-order valence-electron chi connectivity index (χ1n) is 11.3. The van der Waals surface area contributed by atoms with Gasteiger partial charge in [0.15, 0.2) is 0 Å². The predicted molar refractivity (Wildman–Crippen MR) is 128 cm³/mol. The fourth-order valence-corrected chi connectivity index (χ4v) is 4.88. The van der Waals surface area contributed by atoms with Crippen molar-refractivity contribution in [1.82, 2.24) is 19.9 Å². The summed E-state index contributed by atoms with van der Waals surface area (Å²) in [7, 11) is 0. The number of amides is 2. The van der Waals surface area contributed by atoms with Gasteiger partial charge in [0.2, 0.25) is 0 Å². The highest BCUT2D eigenvalue weighted by Crippen LogP contribution is 2.25. The Kier molecular flexibility index (Phi) is 7.94. The van der Waals surface area contributed by atoms with Crippen molar-refractivity contribution in [2.75, 3.05) is 57.7 Å². The second-order valence-electron chi connectivity index (χ2n) is 8.84. The molecule has 1 N–H and O–H groups in total. The number of piperazine rings is 1. The van der Waals surface area contributed by atoms with Gasteiger partial charge in [0.25, 0.3) is 0 Å². The lowest BCUT2D eigenvalue weighted by Gasteiger charge is -2.39. The number of benzene rings is 1. The highest BCUT2D eigenvalue weighted by atomic mass is 35.5. The Labute approximate surface area is 199 Å². The van der Waals surface area contributed by atoms with Gasteiger partial charge in [0.05, 0.1) is 15.7 Å². The molecule has 32 heavy (non-hydrogen) atoms. The van der Waals surface area contributed by atoms with E-state index >= 15 is 0 Å². The smallest absolute Gasteiger partial charge is 0.321 e. The fourth-order valence-electron chi connectivity index (χ4n) is 4.58. The van der Waals surface area contributed by atoms with E-state index in [4.69, 9.17) is 27.7 Å². The molecule has 0 unspecified atom stereocenters. The monoisotopic (exact) mass is 479 g/mol. The highest BCUT2D eigenvalue weighted by Gasteiger charge is 2.26. The zero-order valence-corrected chi connectivity index (χ0v) is 20.0. The van der Waals surface area contributed by atoms with E-state index in [9.17, 15) is 4.79 Å². The summed E-state index contributed by atoms with van der Waals surface area (Å²) in [6, 6.07) is 7.07. The molecule has 0 aliphatic carbocycles. The number of aryl methyl sites for hydroxylation is 1. The third kappa shape index (κ3) is 6.38. The number of aromatic nitrogens is 1. The van der Waals surface area contributed by atoms with Crippen molar-refractivity contribution in [3.8, 4) is 0 Å². The van der Waals surface area contributed by atoms with Gasteiger partial charge in [-0.1, -0.05) is 28.4 Å². The number of rotatable bonds is 6. The van der Waals surface area contributed by atoms with E-state index in [-0.39, 0.29) is 6.03 Å². The predicted octanol–water partition coefficient (Wildman–Crippen LogP) is 4.39. The normalized spacial score (nSPS) is 20.5. The number of hydrogen-bond acceptors (Lipinski definition) is 5. The minimum Gasteiger partial charge on any atom is -0.361 e. The van der Waals surface area contributed by atoms with Crippen molar-refractivity contribution in [1.29, 1.82) is 0 Å². The molecule has 2 amide bonds. The molecule has 174 valence electrons. The summed E-state index contributed by atoms with van der Waals surface area (Å²) in [5.41, 5.74) is 1.61. The lowest BCUT2D eigenvalue weighted by molar-refractivity contribution is 0.101. The van der Waals surface area contributed by atoms with E-state index < -0.39 is 0 Å². The van der Waals surface area contributed by atoms with Crippen LogP contribution in [0.5, 0.6) is 0 Å². The zero-order chi connectivity index (χ0) is 22.5. The summed E-state index contributed by atoms with van der Waals surface area (Å²) < 4.78 is 5.35. The number of urea groups is 1. The molecule has 0 radical (unpaired) electrons. The van der Waals surface area contributed by atoms with E-state index in [0.717, 1.165) is 70.2 Å². The molecule has 7 nitrogen and oxygen atoms in total. The zero-order valence-electron chi connectivity index (χ0n) is 18.5. The first kappa shape index (κ1) is 23.4. The number of nitrogens with zero attached hydrogens (tertiary/aromatic N) is 4. The number of piperidine rings is 1. The van der Waals surface area contributed by atoms with Crippen molar-refractivity contribution in [3.05, 3.63) is 45.8 Å². The Balaban J connectivity index is 1.18. The number of carbonyl (C=O) groups is 1. The standard InChI is InChI=1S/C23H31Cl2N5O2/c1-17-13-20(32-27-17)6-8-28-7-2-3-18(15-28)16-29-9-11-30(12-10-29)23(31)26-19-4-5-21(24)22(25)14-19/h4-5,13-14,18H,2-3,6-12,15-16H2,1H3,(H,26,31)/t18-/m1/s1. The van der Waals surface area contributed by atoms with Crippen LogP contribution >= 0.6 is 23.2 Å². The first-order valence-corrected chi connectivity index (χ1v) is 12.1. The molecule has 1 atom stereocenters. The lowest BCUT2D eigenvalue weighted by Crippen LogP contribution is -2.52. The largest absolute Gasteiger partial charge is 0.361 e. The van der Waals surface area contributed by atoms with Gasteiger partial charge in [0.1, 0.15) is 5.76 Å². The molecular weight excluding hydrogens is 449 g/mol. The van der Waals surface area contributed by atoms with Gasteiger partial charge in [-0.15, -0.1) is 0 Å². The van der Waals surface area contributed by atoms with Crippen LogP contribution in [0.15, 0.2) is 28.8 Å². The van der Waals surface area contributed by atoms with E-state index in [1.807, 2.05) is 17.9 Å². The van der Waals surface area contributed by atoms with Crippen LogP contribution < -0.4 is 5.32 Å². The third-order valence-electron chi connectivity index (χ3n) is 6.30. The second-order valence-corrected chi connectivity index (χ2v) is 9.65. The van der Waals surface area contributed by atoms with Gasteiger partial charge in [-0.3, -0.25) is 4.90 Å². The van der Waals surface area contributed by atoms with Crippen molar-refractivity contribution >= 4 is 34.9 Å². The summed E-state index contributed by atoms with van der Waals surface area (Å²) in [5, 5.41) is 7.81. The van der Waals surface area contributed by atoms with Crippen LogP contribution in [0.1, 0.15) is 24.3 Å². The molecule has 9 heteroatoms. The average molecular weight is 480 g/mol. The van der Waals surface area contributed by atoms with Crippen molar-refractivity contribution in [2.24, 2.45) is 5.92 Å². The van der Waals surface area contributed by atoms with Crippen molar-refractivity contribution in [2.45, 2.75) is 26.2 Å². The third-order valence-corrected chi connectivity index (χ3v) is 7.04. The second kappa shape index (κ2) is 10.9. The lowest BCUT2D eigenvalue weighted by atomic mass is 9.97. The van der Waals surface area contributed by atoms with Crippen LogP contribution in [0, 0.1) is 12.8 Å².